The molecule has 0 fully saturated rings. The zero-order chi connectivity index (χ0) is 15.9. The second-order valence-electron chi connectivity index (χ2n) is 5.38. The van der Waals surface area contributed by atoms with Gasteiger partial charge in [0.2, 0.25) is 10.0 Å². The van der Waals surface area contributed by atoms with Gasteiger partial charge in [-0.15, -0.1) is 11.3 Å². The number of hydrogen-bond donors (Lipinski definition) is 2. The molecule has 2 N–H and O–H groups in total. The van der Waals surface area contributed by atoms with Crippen LogP contribution in [0.1, 0.15) is 32.8 Å². The average Bonchev–Trinajstić information content (AvgIpc) is 2.88. The predicted octanol–water partition coefficient (Wildman–Crippen LogP) is 2.20. The molecular formula is C14H26N2O3S2. The van der Waals surface area contributed by atoms with Crippen molar-refractivity contribution in [2.75, 3.05) is 20.3 Å². The van der Waals surface area contributed by atoms with E-state index < -0.39 is 10.0 Å². The smallest absolute Gasteiger partial charge is 0.250 e. The van der Waals surface area contributed by atoms with Crippen LogP contribution in [0.5, 0.6) is 0 Å². The highest BCUT2D eigenvalue weighted by molar-refractivity contribution is 7.91. The van der Waals surface area contributed by atoms with Crippen LogP contribution in [0.25, 0.3) is 0 Å². The number of methoxy groups -OCH3 is 1. The number of nitrogens with one attached hydrogen (secondary N) is 2. The molecule has 0 aliphatic rings. The molecule has 7 heteroatoms. The summed E-state index contributed by atoms with van der Waals surface area (Å²) in [5.41, 5.74) is 1.00. The molecule has 1 unspecified atom stereocenters. The van der Waals surface area contributed by atoms with Crippen molar-refractivity contribution in [2.45, 2.75) is 44.0 Å². The van der Waals surface area contributed by atoms with Crippen LogP contribution in [0.15, 0.2) is 15.7 Å². The second-order valence-corrected chi connectivity index (χ2v) is 8.23. The summed E-state index contributed by atoms with van der Waals surface area (Å²) in [7, 11) is -1.90. The summed E-state index contributed by atoms with van der Waals surface area (Å²) >= 11 is 1.26. The molecule has 0 bridgehead atoms. The zero-order valence-corrected chi connectivity index (χ0v) is 14.8. The predicted molar refractivity (Wildman–Crippen MR) is 87.1 cm³/mol. The Morgan fingerprint density at radius 3 is 2.67 bits per heavy atom. The number of rotatable bonds is 10. The van der Waals surface area contributed by atoms with Gasteiger partial charge in [0.1, 0.15) is 4.21 Å². The molecule has 1 rings (SSSR count). The van der Waals surface area contributed by atoms with Crippen molar-refractivity contribution in [3.05, 3.63) is 17.0 Å². The Morgan fingerprint density at radius 2 is 2.10 bits per heavy atom. The van der Waals surface area contributed by atoms with Crippen LogP contribution in [0.2, 0.25) is 0 Å². The summed E-state index contributed by atoms with van der Waals surface area (Å²) in [5, 5.41) is 5.15. The molecule has 5 nitrogen and oxygen atoms in total. The Balaban J connectivity index is 2.73. The first-order valence-corrected chi connectivity index (χ1v) is 9.56. The van der Waals surface area contributed by atoms with Crippen LogP contribution in [0.4, 0.5) is 0 Å². The number of hydrogen-bond acceptors (Lipinski definition) is 5. The molecule has 0 aromatic carbocycles. The zero-order valence-electron chi connectivity index (χ0n) is 13.2. The van der Waals surface area contributed by atoms with Crippen LogP contribution < -0.4 is 10.0 Å². The van der Waals surface area contributed by atoms with E-state index in [9.17, 15) is 8.42 Å². The average molecular weight is 335 g/mol. The molecule has 1 atom stereocenters. The lowest BCUT2D eigenvalue weighted by molar-refractivity contribution is 0.157. The van der Waals surface area contributed by atoms with E-state index in [0.717, 1.165) is 18.5 Å². The van der Waals surface area contributed by atoms with Crippen LogP contribution in [0.3, 0.4) is 0 Å². The first kappa shape index (κ1) is 18.6. The van der Waals surface area contributed by atoms with Crippen LogP contribution in [0, 0.1) is 5.92 Å². The van der Waals surface area contributed by atoms with E-state index in [0.29, 0.717) is 17.4 Å². The minimum absolute atomic E-state index is 0.172. The Kier molecular flexibility index (Phi) is 7.83. The van der Waals surface area contributed by atoms with Crippen molar-refractivity contribution >= 4 is 21.4 Å². The van der Waals surface area contributed by atoms with Crippen molar-refractivity contribution in [3.63, 3.8) is 0 Å². The van der Waals surface area contributed by atoms with E-state index in [1.807, 2.05) is 19.2 Å². The molecule has 0 radical (unpaired) electrons. The number of thiophene rings is 1. The third-order valence-electron chi connectivity index (χ3n) is 3.11. The van der Waals surface area contributed by atoms with Gasteiger partial charge < -0.3 is 10.1 Å². The maximum Gasteiger partial charge on any atom is 0.250 e. The summed E-state index contributed by atoms with van der Waals surface area (Å²) < 4.78 is 32.9. The minimum atomic E-state index is -3.48. The van der Waals surface area contributed by atoms with E-state index >= 15 is 0 Å². The van der Waals surface area contributed by atoms with Gasteiger partial charge in [-0.05, 0) is 35.9 Å². The Hall–Kier alpha value is -0.470. The van der Waals surface area contributed by atoms with Crippen LogP contribution >= 0.6 is 11.3 Å². The van der Waals surface area contributed by atoms with Gasteiger partial charge in [0.25, 0.3) is 0 Å². The molecule has 0 saturated heterocycles. The first-order valence-electron chi connectivity index (χ1n) is 7.20. The number of sulfonamides is 1. The summed E-state index contributed by atoms with van der Waals surface area (Å²) in [4.78, 5) is 0. The van der Waals surface area contributed by atoms with Gasteiger partial charge in [-0.25, -0.2) is 13.1 Å². The third-order valence-corrected chi connectivity index (χ3v) is 6.09. The molecule has 0 spiro atoms. The molecule has 0 saturated carbocycles. The van der Waals surface area contributed by atoms with E-state index in [-0.39, 0.29) is 12.0 Å². The Bertz CT molecular complexity index is 512. The van der Waals surface area contributed by atoms with E-state index in [1.54, 1.807) is 13.2 Å². The standard InChI is InChI=1S/C14H26N2O3S2/c1-5-6-15-8-12-7-14(20-10-12)21(17,18)16-13(9-19-4)11(2)3/h7,10-11,13,15-16H,5-6,8-9H2,1-4H3. The quantitative estimate of drug-likeness (QED) is 0.644. The van der Waals surface area contributed by atoms with Gasteiger partial charge in [0, 0.05) is 19.7 Å². The van der Waals surface area contributed by atoms with Crippen LogP contribution in [-0.4, -0.2) is 34.7 Å². The van der Waals surface area contributed by atoms with Crippen LogP contribution in [-0.2, 0) is 21.3 Å². The van der Waals surface area contributed by atoms with E-state index in [4.69, 9.17) is 4.74 Å². The molecule has 122 valence electrons. The highest BCUT2D eigenvalue weighted by Crippen LogP contribution is 2.21. The minimum Gasteiger partial charge on any atom is -0.383 e. The van der Waals surface area contributed by atoms with Gasteiger partial charge in [-0.2, -0.15) is 0 Å². The van der Waals surface area contributed by atoms with Gasteiger partial charge in [0.15, 0.2) is 0 Å². The van der Waals surface area contributed by atoms with Crippen molar-refractivity contribution in [2.24, 2.45) is 5.92 Å². The topological polar surface area (TPSA) is 67.4 Å². The summed E-state index contributed by atoms with van der Waals surface area (Å²) in [6, 6.07) is 1.52. The molecule has 1 aromatic heterocycles. The lowest BCUT2D eigenvalue weighted by atomic mass is 10.1. The van der Waals surface area contributed by atoms with E-state index in [2.05, 4.69) is 17.0 Å². The van der Waals surface area contributed by atoms with Crippen molar-refractivity contribution in [1.29, 1.82) is 0 Å². The van der Waals surface area contributed by atoms with Gasteiger partial charge in [-0.1, -0.05) is 20.8 Å². The van der Waals surface area contributed by atoms with Crippen molar-refractivity contribution in [3.8, 4) is 0 Å². The molecule has 1 heterocycles. The second kappa shape index (κ2) is 8.85. The van der Waals surface area contributed by atoms with Crippen molar-refractivity contribution < 1.29 is 13.2 Å². The monoisotopic (exact) mass is 334 g/mol. The molecule has 1 aromatic rings. The lowest BCUT2D eigenvalue weighted by Crippen LogP contribution is -2.41. The maximum absolute atomic E-state index is 12.4. The summed E-state index contributed by atoms with van der Waals surface area (Å²) in [5.74, 6) is 0.172. The molecule has 0 aliphatic carbocycles. The molecule has 0 amide bonds. The maximum atomic E-state index is 12.4. The number of ether oxygens (including phenoxy) is 1. The highest BCUT2D eigenvalue weighted by atomic mass is 32.2. The first-order chi connectivity index (χ1) is 9.90. The molecule has 21 heavy (non-hydrogen) atoms. The molecule has 0 aliphatic heterocycles. The summed E-state index contributed by atoms with van der Waals surface area (Å²) in [6.07, 6.45) is 1.06. The fraction of sp³-hybridized carbons (Fsp3) is 0.714. The molecular weight excluding hydrogens is 308 g/mol. The third kappa shape index (κ3) is 6.04. The Labute approximate surface area is 132 Å². The fourth-order valence-electron chi connectivity index (χ4n) is 1.80. The highest BCUT2D eigenvalue weighted by Gasteiger charge is 2.23. The van der Waals surface area contributed by atoms with Gasteiger partial charge in [0.05, 0.1) is 6.61 Å². The normalized spacial score (nSPS) is 13.8. The fourth-order valence-corrected chi connectivity index (χ4v) is 4.39. The van der Waals surface area contributed by atoms with E-state index in [1.165, 1.54) is 11.3 Å². The largest absolute Gasteiger partial charge is 0.383 e. The lowest BCUT2D eigenvalue weighted by Gasteiger charge is -2.20. The SMILES string of the molecule is CCCNCc1csc(S(=O)(=O)NC(COC)C(C)C)c1. The van der Waals surface area contributed by atoms with Gasteiger partial charge in [-0.3, -0.25) is 0 Å². The van der Waals surface area contributed by atoms with Crippen molar-refractivity contribution in [1.82, 2.24) is 10.0 Å². The van der Waals surface area contributed by atoms with Gasteiger partial charge >= 0.3 is 0 Å². The Morgan fingerprint density at radius 1 is 1.38 bits per heavy atom. The summed E-state index contributed by atoms with van der Waals surface area (Å²) in [6.45, 7) is 8.04.